The SMILES string of the molecule is C/C=C(/c1nc(NCCc2ccc(O)cc2)c2ncnc(N(C)C)c2n1)c1ccccc1CC. The number of phenolic OH excluding ortho intramolecular Hbond substituents is 1. The van der Waals surface area contributed by atoms with Gasteiger partial charge in [0.25, 0.3) is 0 Å². The van der Waals surface area contributed by atoms with Crippen molar-refractivity contribution in [3.8, 4) is 5.75 Å². The number of nitrogens with one attached hydrogen (secondary N) is 1. The lowest BCUT2D eigenvalue weighted by Gasteiger charge is -2.17. The number of hydrogen-bond donors (Lipinski definition) is 2. The molecule has 34 heavy (non-hydrogen) atoms. The summed E-state index contributed by atoms with van der Waals surface area (Å²) in [5, 5.41) is 13.0. The Balaban J connectivity index is 1.77. The molecule has 2 N–H and O–H groups in total. The van der Waals surface area contributed by atoms with Gasteiger partial charge < -0.3 is 15.3 Å². The molecule has 0 bridgehead atoms. The van der Waals surface area contributed by atoms with Gasteiger partial charge in [-0.05, 0) is 48.6 Å². The van der Waals surface area contributed by atoms with E-state index in [0.717, 1.165) is 35.4 Å². The number of phenols is 1. The largest absolute Gasteiger partial charge is 0.508 e. The number of allylic oxidation sites excluding steroid dienone is 1. The van der Waals surface area contributed by atoms with Gasteiger partial charge >= 0.3 is 0 Å². The van der Waals surface area contributed by atoms with Gasteiger partial charge in [0.15, 0.2) is 17.5 Å². The number of aryl methyl sites for hydroxylation is 1. The van der Waals surface area contributed by atoms with Crippen molar-refractivity contribution in [3.05, 3.63) is 83.4 Å². The Morgan fingerprint density at radius 1 is 1.00 bits per heavy atom. The van der Waals surface area contributed by atoms with Gasteiger partial charge in [0.05, 0.1) is 0 Å². The third-order valence-corrected chi connectivity index (χ3v) is 5.75. The molecule has 174 valence electrons. The van der Waals surface area contributed by atoms with Crippen molar-refractivity contribution < 1.29 is 5.11 Å². The smallest absolute Gasteiger partial charge is 0.162 e. The van der Waals surface area contributed by atoms with E-state index in [0.29, 0.717) is 29.2 Å². The molecule has 0 fully saturated rings. The van der Waals surface area contributed by atoms with Gasteiger partial charge in [-0.2, -0.15) is 0 Å². The fourth-order valence-electron chi connectivity index (χ4n) is 3.99. The molecule has 4 rings (SSSR count). The van der Waals surface area contributed by atoms with Crippen LogP contribution in [0.3, 0.4) is 0 Å². The molecule has 0 saturated heterocycles. The normalized spacial score (nSPS) is 11.6. The fraction of sp³-hybridized carbons (Fsp3) is 0.259. The van der Waals surface area contributed by atoms with E-state index >= 15 is 0 Å². The zero-order chi connectivity index (χ0) is 24.1. The molecule has 0 unspecified atom stereocenters. The summed E-state index contributed by atoms with van der Waals surface area (Å²) in [5.74, 6) is 2.33. The predicted octanol–water partition coefficient (Wildman–Crippen LogP) is 4.86. The summed E-state index contributed by atoms with van der Waals surface area (Å²) >= 11 is 0. The highest BCUT2D eigenvalue weighted by Gasteiger charge is 2.18. The van der Waals surface area contributed by atoms with Gasteiger partial charge in [0.1, 0.15) is 23.1 Å². The van der Waals surface area contributed by atoms with Gasteiger partial charge in [-0.25, -0.2) is 19.9 Å². The molecule has 7 nitrogen and oxygen atoms in total. The molecule has 0 aliphatic rings. The van der Waals surface area contributed by atoms with Crippen molar-refractivity contribution in [3.63, 3.8) is 0 Å². The zero-order valence-electron chi connectivity index (χ0n) is 20.1. The van der Waals surface area contributed by atoms with Crippen LogP contribution in [0, 0.1) is 0 Å². The van der Waals surface area contributed by atoms with Gasteiger partial charge in [-0.1, -0.05) is 49.4 Å². The fourth-order valence-corrected chi connectivity index (χ4v) is 3.99. The van der Waals surface area contributed by atoms with E-state index in [4.69, 9.17) is 9.97 Å². The van der Waals surface area contributed by atoms with Crippen molar-refractivity contribution >= 4 is 28.2 Å². The average Bonchev–Trinajstić information content (AvgIpc) is 2.85. The summed E-state index contributed by atoms with van der Waals surface area (Å²) in [7, 11) is 3.90. The van der Waals surface area contributed by atoms with Crippen LogP contribution in [0.25, 0.3) is 16.6 Å². The highest BCUT2D eigenvalue weighted by molar-refractivity contribution is 5.94. The monoisotopic (exact) mass is 454 g/mol. The van der Waals surface area contributed by atoms with Crippen LogP contribution >= 0.6 is 0 Å². The summed E-state index contributed by atoms with van der Waals surface area (Å²) in [4.78, 5) is 20.8. The van der Waals surface area contributed by atoms with Crippen LogP contribution in [-0.4, -0.2) is 45.7 Å². The number of aromatic hydroxyl groups is 1. The first-order valence-corrected chi connectivity index (χ1v) is 11.5. The van der Waals surface area contributed by atoms with Gasteiger partial charge in [-0.15, -0.1) is 0 Å². The van der Waals surface area contributed by atoms with Crippen molar-refractivity contribution in [2.75, 3.05) is 30.9 Å². The topological polar surface area (TPSA) is 87.1 Å². The third kappa shape index (κ3) is 4.83. The van der Waals surface area contributed by atoms with Crippen LogP contribution < -0.4 is 10.2 Å². The quantitative estimate of drug-likeness (QED) is 0.393. The van der Waals surface area contributed by atoms with E-state index < -0.39 is 0 Å². The maximum atomic E-state index is 9.53. The van der Waals surface area contributed by atoms with Crippen LogP contribution in [0.1, 0.15) is 36.4 Å². The van der Waals surface area contributed by atoms with E-state index in [1.807, 2.05) is 44.1 Å². The number of aromatic nitrogens is 4. The van der Waals surface area contributed by atoms with Crippen molar-refractivity contribution in [1.29, 1.82) is 0 Å². The first kappa shape index (κ1) is 23.2. The Bertz CT molecular complexity index is 1310. The summed E-state index contributed by atoms with van der Waals surface area (Å²) in [6.45, 7) is 4.83. The standard InChI is InChI=1S/C27H30N6O/c1-5-19-9-7-8-10-22(19)21(6-2)25-31-24-23(29-17-30-27(24)33(3)4)26(32-25)28-16-15-18-11-13-20(34)14-12-18/h6-14,17,34H,5,15-16H2,1-4H3,(H,28,31,32)/b21-6+. The van der Waals surface area contributed by atoms with Crippen molar-refractivity contribution in [1.82, 2.24) is 19.9 Å². The van der Waals surface area contributed by atoms with Gasteiger partial charge in [0.2, 0.25) is 0 Å². The lowest BCUT2D eigenvalue weighted by Crippen LogP contribution is -2.15. The molecule has 0 amide bonds. The van der Waals surface area contributed by atoms with Gasteiger partial charge in [-0.3, -0.25) is 0 Å². The molecule has 0 atom stereocenters. The highest BCUT2D eigenvalue weighted by atomic mass is 16.3. The van der Waals surface area contributed by atoms with Crippen molar-refractivity contribution in [2.45, 2.75) is 26.7 Å². The molecule has 4 aromatic rings. The minimum atomic E-state index is 0.266. The minimum absolute atomic E-state index is 0.266. The van der Waals surface area contributed by atoms with E-state index in [2.05, 4.69) is 46.5 Å². The molecular weight excluding hydrogens is 424 g/mol. The van der Waals surface area contributed by atoms with Crippen LogP contribution in [0.2, 0.25) is 0 Å². The van der Waals surface area contributed by atoms with E-state index in [1.54, 1.807) is 18.5 Å². The molecule has 7 heteroatoms. The summed E-state index contributed by atoms with van der Waals surface area (Å²) in [5.41, 5.74) is 5.88. The molecule has 0 radical (unpaired) electrons. The predicted molar refractivity (Wildman–Crippen MR) is 138 cm³/mol. The molecule has 0 saturated carbocycles. The summed E-state index contributed by atoms with van der Waals surface area (Å²) < 4.78 is 0. The summed E-state index contributed by atoms with van der Waals surface area (Å²) in [6, 6.07) is 15.6. The Hall–Kier alpha value is -4.00. The lowest BCUT2D eigenvalue weighted by molar-refractivity contribution is 0.475. The first-order valence-electron chi connectivity index (χ1n) is 11.5. The molecule has 0 aliphatic heterocycles. The molecule has 2 aromatic heterocycles. The molecule has 2 aromatic carbocycles. The Kier molecular flexibility index (Phi) is 7.01. The van der Waals surface area contributed by atoms with Crippen LogP contribution in [-0.2, 0) is 12.8 Å². The Morgan fingerprint density at radius 2 is 1.76 bits per heavy atom. The van der Waals surface area contributed by atoms with Gasteiger partial charge in [0, 0.05) is 26.2 Å². The van der Waals surface area contributed by atoms with E-state index in [-0.39, 0.29) is 5.75 Å². The van der Waals surface area contributed by atoms with Crippen molar-refractivity contribution in [2.24, 2.45) is 0 Å². The first-order chi connectivity index (χ1) is 16.5. The van der Waals surface area contributed by atoms with Crippen LogP contribution in [0.4, 0.5) is 11.6 Å². The second-order valence-electron chi connectivity index (χ2n) is 8.24. The molecule has 0 aliphatic carbocycles. The Morgan fingerprint density at radius 3 is 2.47 bits per heavy atom. The average molecular weight is 455 g/mol. The van der Waals surface area contributed by atoms with Crippen LogP contribution in [0.15, 0.2) is 60.9 Å². The number of nitrogens with zero attached hydrogens (tertiary/aromatic N) is 5. The van der Waals surface area contributed by atoms with E-state index in [1.165, 1.54) is 5.56 Å². The number of fused-ring (bicyclic) bond motifs is 1. The zero-order valence-corrected chi connectivity index (χ0v) is 20.1. The highest BCUT2D eigenvalue weighted by Crippen LogP contribution is 2.30. The maximum Gasteiger partial charge on any atom is 0.162 e. The maximum absolute atomic E-state index is 9.53. The van der Waals surface area contributed by atoms with Crippen LogP contribution in [0.5, 0.6) is 5.75 Å². The molecular formula is C27H30N6O. The second kappa shape index (κ2) is 10.3. The minimum Gasteiger partial charge on any atom is -0.508 e. The number of hydrogen-bond acceptors (Lipinski definition) is 7. The molecule has 2 heterocycles. The number of rotatable bonds is 8. The number of anilines is 2. The third-order valence-electron chi connectivity index (χ3n) is 5.75. The Labute approximate surface area is 200 Å². The lowest BCUT2D eigenvalue weighted by atomic mass is 9.97. The summed E-state index contributed by atoms with van der Waals surface area (Å²) in [6.07, 6.45) is 5.32. The van der Waals surface area contributed by atoms with E-state index in [9.17, 15) is 5.11 Å². The second-order valence-corrected chi connectivity index (χ2v) is 8.24. The number of benzene rings is 2. The molecule has 0 spiro atoms.